The highest BCUT2D eigenvalue weighted by Gasteiger charge is 2.15. The van der Waals surface area contributed by atoms with Crippen molar-refractivity contribution in [3.63, 3.8) is 0 Å². The zero-order chi connectivity index (χ0) is 22.0. The van der Waals surface area contributed by atoms with Gasteiger partial charge in [-0.1, -0.05) is 18.2 Å². The molecule has 8 heteroatoms. The topological polar surface area (TPSA) is 64.9 Å². The van der Waals surface area contributed by atoms with Gasteiger partial charge in [-0.05, 0) is 48.9 Å². The summed E-state index contributed by atoms with van der Waals surface area (Å²) in [6, 6.07) is 15.3. The van der Waals surface area contributed by atoms with Gasteiger partial charge in [0.25, 0.3) is 5.91 Å². The molecule has 0 aliphatic rings. The molecular formula is C23H19F2N3O3. The Balaban J connectivity index is 1.52. The number of benzene rings is 2. The number of rotatable bonds is 6. The number of anilines is 1. The van der Waals surface area contributed by atoms with Crippen molar-refractivity contribution in [2.75, 3.05) is 12.4 Å². The minimum atomic E-state index is -3.02. The summed E-state index contributed by atoms with van der Waals surface area (Å²) in [5, 5.41) is 2.74. The van der Waals surface area contributed by atoms with Crippen LogP contribution < -0.4 is 14.8 Å². The summed E-state index contributed by atoms with van der Waals surface area (Å²) in [6.07, 6.45) is 3.88. The third-order valence-corrected chi connectivity index (χ3v) is 4.76. The zero-order valence-corrected chi connectivity index (χ0v) is 16.8. The molecule has 0 unspecified atom stereocenters. The summed E-state index contributed by atoms with van der Waals surface area (Å²) in [6.45, 7) is -1.02. The number of nitrogens with zero attached hydrogens (tertiary/aromatic N) is 2. The van der Waals surface area contributed by atoms with Gasteiger partial charge < -0.3 is 19.2 Å². The second-order valence-electron chi connectivity index (χ2n) is 6.82. The first-order chi connectivity index (χ1) is 14.9. The molecule has 31 heavy (non-hydrogen) atoms. The van der Waals surface area contributed by atoms with Gasteiger partial charge in [-0.2, -0.15) is 8.78 Å². The lowest BCUT2D eigenvalue weighted by Crippen LogP contribution is -2.12. The molecule has 0 bridgehead atoms. The number of pyridine rings is 1. The first kappa shape index (κ1) is 20.3. The fourth-order valence-electron chi connectivity index (χ4n) is 3.23. The van der Waals surface area contributed by atoms with E-state index in [1.54, 1.807) is 12.1 Å². The zero-order valence-electron chi connectivity index (χ0n) is 16.8. The fourth-order valence-corrected chi connectivity index (χ4v) is 3.23. The number of hydrogen-bond donors (Lipinski definition) is 1. The Morgan fingerprint density at radius 3 is 2.55 bits per heavy atom. The van der Waals surface area contributed by atoms with Crippen molar-refractivity contribution in [2.24, 2.45) is 0 Å². The van der Waals surface area contributed by atoms with Crippen molar-refractivity contribution in [1.82, 2.24) is 9.38 Å². The van der Waals surface area contributed by atoms with Gasteiger partial charge in [-0.15, -0.1) is 0 Å². The lowest BCUT2D eigenvalue weighted by atomic mass is 10.1. The SMILES string of the molecule is COc1ccc(C(=O)Nc2ccc(-c3cn4cccc(C)c4n3)cc2)cc1OC(F)F. The highest BCUT2D eigenvalue weighted by Crippen LogP contribution is 2.30. The first-order valence-corrected chi connectivity index (χ1v) is 9.43. The van der Waals surface area contributed by atoms with E-state index in [0.29, 0.717) is 5.69 Å². The molecule has 0 atom stereocenters. The predicted molar refractivity (Wildman–Crippen MR) is 113 cm³/mol. The van der Waals surface area contributed by atoms with E-state index in [1.165, 1.54) is 25.3 Å². The van der Waals surface area contributed by atoms with E-state index >= 15 is 0 Å². The Labute approximate surface area is 177 Å². The Hall–Kier alpha value is -3.94. The number of ether oxygens (including phenoxy) is 2. The molecule has 2 aromatic carbocycles. The summed E-state index contributed by atoms with van der Waals surface area (Å²) in [7, 11) is 1.33. The molecule has 0 saturated heterocycles. The second kappa shape index (κ2) is 8.43. The Bertz CT molecular complexity index is 1240. The van der Waals surface area contributed by atoms with Gasteiger partial charge in [0.15, 0.2) is 11.5 Å². The van der Waals surface area contributed by atoms with Gasteiger partial charge in [-0.3, -0.25) is 4.79 Å². The lowest BCUT2D eigenvalue weighted by molar-refractivity contribution is -0.0512. The number of hydrogen-bond acceptors (Lipinski definition) is 4. The number of amides is 1. The van der Waals surface area contributed by atoms with Crippen LogP contribution in [0.25, 0.3) is 16.9 Å². The normalized spacial score (nSPS) is 11.0. The van der Waals surface area contributed by atoms with E-state index in [-0.39, 0.29) is 17.1 Å². The highest BCUT2D eigenvalue weighted by molar-refractivity contribution is 6.04. The molecule has 0 fully saturated rings. The maximum Gasteiger partial charge on any atom is 0.387 e. The quantitative estimate of drug-likeness (QED) is 0.465. The Morgan fingerprint density at radius 1 is 1.10 bits per heavy atom. The molecule has 0 saturated carbocycles. The van der Waals surface area contributed by atoms with Crippen LogP contribution in [0.15, 0.2) is 67.0 Å². The van der Waals surface area contributed by atoms with Gasteiger partial charge in [0, 0.05) is 29.2 Å². The number of aromatic nitrogens is 2. The molecule has 0 aliphatic carbocycles. The van der Waals surface area contributed by atoms with Crippen LogP contribution in [-0.4, -0.2) is 29.0 Å². The minimum absolute atomic E-state index is 0.115. The summed E-state index contributed by atoms with van der Waals surface area (Å²) < 4.78 is 36.6. The molecular weight excluding hydrogens is 404 g/mol. The monoisotopic (exact) mass is 423 g/mol. The van der Waals surface area contributed by atoms with Gasteiger partial charge >= 0.3 is 6.61 Å². The van der Waals surface area contributed by atoms with E-state index < -0.39 is 12.5 Å². The molecule has 2 aromatic heterocycles. The molecule has 0 spiro atoms. The van der Waals surface area contributed by atoms with Crippen LogP contribution in [0.1, 0.15) is 15.9 Å². The third-order valence-electron chi connectivity index (χ3n) is 4.76. The lowest BCUT2D eigenvalue weighted by Gasteiger charge is -2.12. The van der Waals surface area contributed by atoms with Gasteiger partial charge in [0.1, 0.15) is 5.65 Å². The van der Waals surface area contributed by atoms with Crippen LogP contribution in [-0.2, 0) is 0 Å². The molecule has 2 heterocycles. The van der Waals surface area contributed by atoms with Crippen molar-refractivity contribution in [3.05, 3.63) is 78.1 Å². The van der Waals surface area contributed by atoms with Crippen LogP contribution in [0.3, 0.4) is 0 Å². The first-order valence-electron chi connectivity index (χ1n) is 9.43. The van der Waals surface area contributed by atoms with E-state index in [1.807, 2.05) is 48.0 Å². The number of halogens is 2. The molecule has 6 nitrogen and oxygen atoms in total. The minimum Gasteiger partial charge on any atom is -0.493 e. The molecule has 4 rings (SSSR count). The highest BCUT2D eigenvalue weighted by atomic mass is 19.3. The molecule has 0 radical (unpaired) electrons. The number of carbonyl (C=O) groups excluding carboxylic acids is 1. The summed E-state index contributed by atoms with van der Waals surface area (Å²) in [4.78, 5) is 17.2. The van der Waals surface area contributed by atoms with Crippen molar-refractivity contribution < 1.29 is 23.0 Å². The van der Waals surface area contributed by atoms with E-state index in [9.17, 15) is 13.6 Å². The van der Waals surface area contributed by atoms with Crippen LogP contribution >= 0.6 is 0 Å². The summed E-state index contributed by atoms with van der Waals surface area (Å²) >= 11 is 0. The Kier molecular flexibility index (Phi) is 5.53. The van der Waals surface area contributed by atoms with Crippen LogP contribution in [0.2, 0.25) is 0 Å². The van der Waals surface area contributed by atoms with Gasteiger partial charge in [0.05, 0.1) is 12.8 Å². The van der Waals surface area contributed by atoms with E-state index in [4.69, 9.17) is 4.74 Å². The smallest absolute Gasteiger partial charge is 0.387 e. The van der Waals surface area contributed by atoms with Crippen LogP contribution in [0.4, 0.5) is 14.5 Å². The van der Waals surface area contributed by atoms with Gasteiger partial charge in [0.2, 0.25) is 0 Å². The standard InChI is InChI=1S/C23H19F2N3O3/c1-14-4-3-11-28-13-18(27-21(14)28)15-5-8-17(9-6-15)26-22(29)16-7-10-19(30-2)20(12-16)31-23(24)25/h3-13,23H,1-2H3,(H,26,29). The second-order valence-corrected chi connectivity index (χ2v) is 6.82. The molecule has 0 aliphatic heterocycles. The molecule has 158 valence electrons. The van der Waals surface area contributed by atoms with Gasteiger partial charge in [-0.25, -0.2) is 4.98 Å². The van der Waals surface area contributed by atoms with Crippen molar-refractivity contribution in [2.45, 2.75) is 13.5 Å². The summed E-state index contributed by atoms with van der Waals surface area (Å²) in [5.74, 6) is -0.551. The predicted octanol–water partition coefficient (Wildman–Crippen LogP) is 5.17. The molecule has 4 aromatic rings. The van der Waals surface area contributed by atoms with E-state index in [2.05, 4.69) is 15.0 Å². The third kappa shape index (κ3) is 4.32. The maximum absolute atomic E-state index is 12.6. The average Bonchev–Trinajstić information content (AvgIpc) is 3.19. The number of alkyl halides is 2. The van der Waals surface area contributed by atoms with Crippen molar-refractivity contribution in [3.8, 4) is 22.8 Å². The molecule has 1 amide bonds. The Morgan fingerprint density at radius 2 is 1.87 bits per heavy atom. The average molecular weight is 423 g/mol. The largest absolute Gasteiger partial charge is 0.493 e. The number of methoxy groups -OCH3 is 1. The number of imidazole rings is 1. The molecule has 1 N–H and O–H groups in total. The number of carbonyl (C=O) groups is 1. The van der Waals surface area contributed by atoms with Crippen molar-refractivity contribution >= 4 is 17.2 Å². The summed E-state index contributed by atoms with van der Waals surface area (Å²) in [5.41, 5.74) is 4.40. The number of nitrogens with one attached hydrogen (secondary N) is 1. The van der Waals surface area contributed by atoms with Crippen LogP contribution in [0.5, 0.6) is 11.5 Å². The fraction of sp³-hybridized carbons (Fsp3) is 0.130. The van der Waals surface area contributed by atoms with E-state index in [0.717, 1.165) is 22.5 Å². The maximum atomic E-state index is 12.6. The van der Waals surface area contributed by atoms with Crippen molar-refractivity contribution in [1.29, 1.82) is 0 Å². The number of aryl methyl sites for hydroxylation is 1. The van der Waals surface area contributed by atoms with Crippen LogP contribution in [0, 0.1) is 6.92 Å². The number of fused-ring (bicyclic) bond motifs is 1.